The van der Waals surface area contributed by atoms with Crippen LogP contribution in [0.4, 0.5) is 5.82 Å². The minimum Gasteiger partial charge on any atom is -0.362 e. The first-order valence-corrected chi connectivity index (χ1v) is 6.56. The highest BCUT2D eigenvalue weighted by Gasteiger charge is 2.09. The van der Waals surface area contributed by atoms with Gasteiger partial charge in [-0.05, 0) is 18.6 Å². The quantitative estimate of drug-likeness (QED) is 0.794. The van der Waals surface area contributed by atoms with E-state index in [-0.39, 0.29) is 0 Å². The van der Waals surface area contributed by atoms with Crippen LogP contribution in [-0.4, -0.2) is 19.5 Å². The summed E-state index contributed by atoms with van der Waals surface area (Å²) in [6, 6.07) is 8.04. The van der Waals surface area contributed by atoms with Gasteiger partial charge in [0.2, 0.25) is 0 Å². The van der Waals surface area contributed by atoms with Gasteiger partial charge in [-0.3, -0.25) is 0 Å². The molecule has 0 aliphatic rings. The molecule has 104 valence electrons. The molecule has 3 aromatic rings. The summed E-state index contributed by atoms with van der Waals surface area (Å²) in [6.07, 6.45) is 2.99. The number of benzene rings is 1. The van der Waals surface area contributed by atoms with Gasteiger partial charge >= 0.3 is 0 Å². The molecular formula is C15H14N6. The van der Waals surface area contributed by atoms with E-state index in [0.717, 1.165) is 16.9 Å². The van der Waals surface area contributed by atoms with Crippen LogP contribution in [0.25, 0.3) is 11.0 Å². The normalized spacial score (nSPS) is 10.5. The maximum absolute atomic E-state index is 8.69. The summed E-state index contributed by atoms with van der Waals surface area (Å²) in [5.41, 5.74) is 3.63. The number of imidazole rings is 1. The van der Waals surface area contributed by atoms with Crippen LogP contribution in [0, 0.1) is 18.3 Å². The predicted molar refractivity (Wildman–Crippen MR) is 79.5 cm³/mol. The summed E-state index contributed by atoms with van der Waals surface area (Å²) in [6.45, 7) is 2.62. The number of nitriles is 1. The van der Waals surface area contributed by atoms with Crippen LogP contribution in [0.2, 0.25) is 0 Å². The van der Waals surface area contributed by atoms with E-state index in [0.29, 0.717) is 18.1 Å². The number of nitrogens with one attached hydrogen (secondary N) is 1. The number of aromatic nitrogens is 4. The highest BCUT2D eigenvalue weighted by Crippen LogP contribution is 2.19. The fourth-order valence-corrected chi connectivity index (χ4v) is 2.32. The second kappa shape index (κ2) is 5.21. The van der Waals surface area contributed by atoms with E-state index in [1.165, 1.54) is 11.8 Å². The first-order chi connectivity index (χ1) is 10.2. The van der Waals surface area contributed by atoms with Crippen molar-refractivity contribution in [3.63, 3.8) is 0 Å². The third-order valence-electron chi connectivity index (χ3n) is 3.38. The average molecular weight is 278 g/mol. The molecule has 0 unspecified atom stereocenters. The van der Waals surface area contributed by atoms with Gasteiger partial charge in [0, 0.05) is 7.05 Å². The molecule has 2 aromatic heterocycles. The second-order valence-electron chi connectivity index (χ2n) is 4.78. The number of rotatable bonds is 3. The summed E-state index contributed by atoms with van der Waals surface area (Å²) in [7, 11) is 2.00. The third kappa shape index (κ3) is 2.41. The lowest BCUT2D eigenvalue weighted by molar-refractivity contribution is 0.829. The van der Waals surface area contributed by atoms with Crippen LogP contribution in [0.1, 0.15) is 17.1 Å². The molecule has 0 atom stereocenters. The predicted octanol–water partition coefficient (Wildman–Crippen LogP) is 2.16. The highest BCUT2D eigenvalue weighted by molar-refractivity contribution is 5.79. The van der Waals surface area contributed by atoms with Crippen LogP contribution < -0.4 is 5.32 Å². The topological polar surface area (TPSA) is 79.4 Å². The average Bonchev–Trinajstić information content (AvgIpc) is 2.83. The fraction of sp³-hybridized carbons (Fsp3) is 0.200. The molecular weight excluding hydrogens is 264 g/mol. The number of fused-ring (bicyclic) bond motifs is 1. The first kappa shape index (κ1) is 13.1. The third-order valence-corrected chi connectivity index (χ3v) is 3.38. The van der Waals surface area contributed by atoms with E-state index in [1.54, 1.807) is 6.20 Å². The van der Waals surface area contributed by atoms with E-state index >= 15 is 0 Å². The zero-order chi connectivity index (χ0) is 14.8. The molecule has 0 saturated heterocycles. The molecule has 3 rings (SSSR count). The Morgan fingerprint density at radius 1 is 1.29 bits per heavy atom. The van der Waals surface area contributed by atoms with Crippen molar-refractivity contribution in [2.45, 2.75) is 13.5 Å². The number of anilines is 1. The molecule has 0 spiro atoms. The molecule has 0 bridgehead atoms. The van der Waals surface area contributed by atoms with Crippen LogP contribution in [0.3, 0.4) is 0 Å². The van der Waals surface area contributed by atoms with Gasteiger partial charge in [0.1, 0.15) is 17.7 Å². The molecule has 2 heterocycles. The number of hydrogen-bond donors (Lipinski definition) is 1. The van der Waals surface area contributed by atoms with E-state index in [4.69, 9.17) is 5.26 Å². The smallest absolute Gasteiger partial charge is 0.158 e. The molecule has 6 nitrogen and oxygen atoms in total. The molecule has 6 heteroatoms. The summed E-state index contributed by atoms with van der Waals surface area (Å²) in [4.78, 5) is 12.7. The largest absolute Gasteiger partial charge is 0.362 e. The van der Waals surface area contributed by atoms with Crippen molar-refractivity contribution in [2.24, 2.45) is 7.05 Å². The van der Waals surface area contributed by atoms with Gasteiger partial charge in [0.25, 0.3) is 0 Å². The second-order valence-corrected chi connectivity index (χ2v) is 4.78. The van der Waals surface area contributed by atoms with Gasteiger partial charge < -0.3 is 9.88 Å². The van der Waals surface area contributed by atoms with Crippen molar-refractivity contribution in [1.29, 1.82) is 5.26 Å². The summed E-state index contributed by atoms with van der Waals surface area (Å²) >= 11 is 0. The standard InChI is InChI=1S/C15H14N6/c1-10-4-3-5-12-15(10)21(2)14(20-12)9-19-13-8-17-11(6-16)7-18-13/h3-5,7-8H,9H2,1-2H3,(H,18,19). The molecule has 0 amide bonds. The van der Waals surface area contributed by atoms with Crippen molar-refractivity contribution >= 4 is 16.9 Å². The van der Waals surface area contributed by atoms with Crippen LogP contribution >= 0.6 is 0 Å². The van der Waals surface area contributed by atoms with Gasteiger partial charge in [-0.15, -0.1) is 0 Å². The number of nitrogens with zero attached hydrogens (tertiary/aromatic N) is 5. The van der Waals surface area contributed by atoms with Gasteiger partial charge in [0.05, 0.1) is 30.0 Å². The van der Waals surface area contributed by atoms with E-state index in [2.05, 4.69) is 37.8 Å². The number of para-hydroxylation sites is 1. The summed E-state index contributed by atoms with van der Waals surface area (Å²) in [5, 5.41) is 11.9. The molecule has 0 radical (unpaired) electrons. The molecule has 0 aliphatic heterocycles. The fourth-order valence-electron chi connectivity index (χ4n) is 2.32. The molecule has 0 fully saturated rings. The summed E-state index contributed by atoms with van der Waals surface area (Å²) < 4.78 is 2.08. The lowest BCUT2D eigenvalue weighted by Gasteiger charge is -2.06. The first-order valence-electron chi connectivity index (χ1n) is 6.56. The minimum atomic E-state index is 0.305. The Morgan fingerprint density at radius 2 is 2.14 bits per heavy atom. The molecule has 0 aliphatic carbocycles. The zero-order valence-corrected chi connectivity index (χ0v) is 11.8. The number of hydrogen-bond acceptors (Lipinski definition) is 5. The summed E-state index contributed by atoms with van der Waals surface area (Å²) in [5.74, 6) is 1.54. The maximum atomic E-state index is 8.69. The van der Waals surface area contributed by atoms with E-state index < -0.39 is 0 Å². The monoisotopic (exact) mass is 278 g/mol. The van der Waals surface area contributed by atoms with Gasteiger partial charge in [0.15, 0.2) is 5.69 Å². The Hall–Kier alpha value is -2.94. The lowest BCUT2D eigenvalue weighted by atomic mass is 10.2. The molecule has 1 aromatic carbocycles. The van der Waals surface area contributed by atoms with Crippen LogP contribution in [-0.2, 0) is 13.6 Å². The Labute approximate surface area is 122 Å². The van der Waals surface area contributed by atoms with E-state index in [9.17, 15) is 0 Å². The van der Waals surface area contributed by atoms with Crippen molar-refractivity contribution < 1.29 is 0 Å². The molecule has 0 saturated carbocycles. The Bertz CT molecular complexity index is 826. The van der Waals surface area contributed by atoms with Crippen LogP contribution in [0.15, 0.2) is 30.6 Å². The lowest BCUT2D eigenvalue weighted by Crippen LogP contribution is -2.07. The van der Waals surface area contributed by atoms with Crippen LogP contribution in [0.5, 0.6) is 0 Å². The Morgan fingerprint density at radius 3 is 2.81 bits per heavy atom. The maximum Gasteiger partial charge on any atom is 0.158 e. The van der Waals surface area contributed by atoms with Crippen molar-refractivity contribution in [3.8, 4) is 6.07 Å². The SMILES string of the molecule is Cc1cccc2nc(CNc3cnc(C#N)cn3)n(C)c12. The molecule has 21 heavy (non-hydrogen) atoms. The number of aryl methyl sites for hydroxylation is 2. The Kier molecular flexibility index (Phi) is 3.24. The zero-order valence-electron chi connectivity index (χ0n) is 11.8. The minimum absolute atomic E-state index is 0.305. The van der Waals surface area contributed by atoms with Crippen molar-refractivity contribution in [1.82, 2.24) is 19.5 Å². The van der Waals surface area contributed by atoms with E-state index in [1.807, 2.05) is 25.2 Å². The highest BCUT2D eigenvalue weighted by atomic mass is 15.1. The van der Waals surface area contributed by atoms with Crippen molar-refractivity contribution in [3.05, 3.63) is 47.7 Å². The molecule has 1 N–H and O–H groups in total. The van der Waals surface area contributed by atoms with Gasteiger partial charge in [-0.25, -0.2) is 15.0 Å². The van der Waals surface area contributed by atoms with Crippen molar-refractivity contribution in [2.75, 3.05) is 5.32 Å². The Balaban J connectivity index is 1.83. The van der Waals surface area contributed by atoms with Gasteiger partial charge in [-0.2, -0.15) is 5.26 Å². The van der Waals surface area contributed by atoms with Gasteiger partial charge in [-0.1, -0.05) is 12.1 Å².